The number of carbonyl (C=O) groups is 2. The van der Waals surface area contributed by atoms with Gasteiger partial charge in [-0.1, -0.05) is 0 Å². The number of anilines is 1. The number of carbonyl (C=O) groups excluding carboxylic acids is 1. The molecule has 0 aliphatic carbocycles. The van der Waals surface area contributed by atoms with E-state index < -0.39 is 16.8 Å². The van der Waals surface area contributed by atoms with Crippen molar-refractivity contribution in [3.05, 3.63) is 34.4 Å². The van der Waals surface area contributed by atoms with Crippen LogP contribution in [0.2, 0.25) is 0 Å². The van der Waals surface area contributed by atoms with Gasteiger partial charge in [0.1, 0.15) is 5.69 Å². The Morgan fingerprint density at radius 1 is 1.30 bits per heavy atom. The SMILES string of the molecule is O=C(O)/C=C/C(=O)Nc1cc2c(cc1[N+](=O)[O-])OCO2. The van der Waals surface area contributed by atoms with Gasteiger partial charge in [-0.05, 0) is 0 Å². The number of benzene rings is 1. The van der Waals surface area contributed by atoms with Gasteiger partial charge < -0.3 is 19.9 Å². The summed E-state index contributed by atoms with van der Waals surface area (Å²) in [4.78, 5) is 31.9. The maximum Gasteiger partial charge on any atom is 0.328 e. The third kappa shape index (κ3) is 2.83. The molecule has 0 unspecified atom stereocenters. The maximum absolute atomic E-state index is 11.4. The van der Waals surface area contributed by atoms with Gasteiger partial charge in [0.15, 0.2) is 11.5 Å². The Morgan fingerprint density at radius 3 is 2.55 bits per heavy atom. The smallest absolute Gasteiger partial charge is 0.328 e. The number of nitro groups is 1. The average molecular weight is 280 g/mol. The molecule has 1 heterocycles. The Kier molecular flexibility index (Phi) is 3.51. The summed E-state index contributed by atoms with van der Waals surface area (Å²) in [6.07, 6.45) is 1.37. The fraction of sp³-hybridized carbons (Fsp3) is 0.0909. The van der Waals surface area contributed by atoms with E-state index in [-0.39, 0.29) is 29.7 Å². The summed E-state index contributed by atoms with van der Waals surface area (Å²) >= 11 is 0. The van der Waals surface area contributed by atoms with E-state index in [0.717, 1.165) is 12.1 Å². The minimum Gasteiger partial charge on any atom is -0.478 e. The van der Waals surface area contributed by atoms with Crippen molar-refractivity contribution in [3.8, 4) is 11.5 Å². The summed E-state index contributed by atoms with van der Waals surface area (Å²) in [5.74, 6) is -1.65. The van der Waals surface area contributed by atoms with Gasteiger partial charge in [-0.2, -0.15) is 0 Å². The van der Waals surface area contributed by atoms with Gasteiger partial charge in [-0.3, -0.25) is 14.9 Å². The standard InChI is InChI=1S/C11H8N2O7/c14-10(1-2-11(15)16)12-6-3-8-9(20-5-19-8)4-7(6)13(17)18/h1-4H,5H2,(H,12,14)(H,15,16)/b2-1+. The van der Waals surface area contributed by atoms with Crippen LogP contribution >= 0.6 is 0 Å². The Bertz CT molecular complexity index is 623. The highest BCUT2D eigenvalue weighted by Gasteiger charge is 2.24. The molecule has 20 heavy (non-hydrogen) atoms. The fourth-order valence-corrected chi connectivity index (χ4v) is 1.50. The number of hydrogen-bond donors (Lipinski definition) is 2. The number of amides is 1. The Morgan fingerprint density at radius 2 is 1.95 bits per heavy atom. The zero-order chi connectivity index (χ0) is 14.7. The lowest BCUT2D eigenvalue weighted by Gasteiger charge is -2.05. The van der Waals surface area contributed by atoms with E-state index in [9.17, 15) is 19.7 Å². The highest BCUT2D eigenvalue weighted by atomic mass is 16.7. The fourth-order valence-electron chi connectivity index (χ4n) is 1.50. The van der Waals surface area contributed by atoms with E-state index in [1.165, 1.54) is 6.07 Å². The molecule has 0 spiro atoms. The van der Waals surface area contributed by atoms with Crippen LogP contribution in [0.25, 0.3) is 0 Å². The van der Waals surface area contributed by atoms with E-state index >= 15 is 0 Å². The zero-order valence-electron chi connectivity index (χ0n) is 9.86. The highest BCUT2D eigenvalue weighted by Crippen LogP contribution is 2.40. The quantitative estimate of drug-likeness (QED) is 0.476. The van der Waals surface area contributed by atoms with Crippen molar-refractivity contribution in [3.63, 3.8) is 0 Å². The minimum absolute atomic E-state index is 0.0667. The molecule has 1 aliphatic rings. The van der Waals surface area contributed by atoms with Gasteiger partial charge in [-0.15, -0.1) is 0 Å². The van der Waals surface area contributed by atoms with Gasteiger partial charge in [0.2, 0.25) is 12.7 Å². The number of fused-ring (bicyclic) bond motifs is 1. The summed E-state index contributed by atoms with van der Waals surface area (Å²) in [6.45, 7) is -0.0667. The molecule has 0 fully saturated rings. The Hall–Kier alpha value is -3.10. The first-order valence-corrected chi connectivity index (χ1v) is 5.27. The van der Waals surface area contributed by atoms with E-state index in [1.807, 2.05) is 0 Å². The summed E-state index contributed by atoms with van der Waals surface area (Å²) < 4.78 is 10.0. The second kappa shape index (κ2) is 5.26. The van der Waals surface area contributed by atoms with E-state index in [0.29, 0.717) is 6.08 Å². The molecule has 1 aromatic rings. The van der Waals surface area contributed by atoms with Crippen LogP contribution in [0.3, 0.4) is 0 Å². The van der Waals surface area contributed by atoms with E-state index in [4.69, 9.17) is 14.6 Å². The van der Waals surface area contributed by atoms with Crippen LogP contribution < -0.4 is 14.8 Å². The zero-order valence-corrected chi connectivity index (χ0v) is 9.86. The number of nitrogens with one attached hydrogen (secondary N) is 1. The van der Waals surface area contributed by atoms with Crippen LogP contribution in [0.1, 0.15) is 0 Å². The second-order valence-corrected chi connectivity index (χ2v) is 3.64. The summed E-state index contributed by atoms with van der Waals surface area (Å²) in [6, 6.07) is 2.37. The van der Waals surface area contributed by atoms with Crippen LogP contribution in [-0.4, -0.2) is 28.7 Å². The third-order valence-corrected chi connectivity index (χ3v) is 2.32. The van der Waals surface area contributed by atoms with Crippen molar-refractivity contribution < 1.29 is 29.1 Å². The van der Waals surface area contributed by atoms with Gasteiger partial charge in [-0.25, -0.2) is 4.79 Å². The van der Waals surface area contributed by atoms with E-state index in [2.05, 4.69) is 5.32 Å². The molecular weight excluding hydrogens is 272 g/mol. The first kappa shape index (κ1) is 13.3. The predicted molar refractivity (Wildman–Crippen MR) is 64.6 cm³/mol. The van der Waals surface area contributed by atoms with Crippen molar-refractivity contribution in [1.82, 2.24) is 0 Å². The molecule has 0 radical (unpaired) electrons. The molecule has 1 aromatic carbocycles. The molecular formula is C11H8N2O7. The van der Waals surface area contributed by atoms with Crippen molar-refractivity contribution >= 4 is 23.3 Å². The number of rotatable bonds is 4. The molecule has 0 bridgehead atoms. The molecule has 2 N–H and O–H groups in total. The summed E-state index contributed by atoms with van der Waals surface area (Å²) in [5, 5.41) is 21.5. The van der Waals surface area contributed by atoms with Crippen LogP contribution in [0.4, 0.5) is 11.4 Å². The molecule has 0 aromatic heterocycles. The number of carboxylic acid groups (broad SMARTS) is 1. The van der Waals surface area contributed by atoms with Crippen LogP contribution in [-0.2, 0) is 9.59 Å². The van der Waals surface area contributed by atoms with Crippen LogP contribution in [0, 0.1) is 10.1 Å². The number of nitrogens with zero attached hydrogens (tertiary/aromatic N) is 1. The van der Waals surface area contributed by atoms with E-state index in [1.54, 1.807) is 0 Å². The number of carboxylic acids is 1. The summed E-state index contributed by atoms with van der Waals surface area (Å²) in [5.41, 5.74) is -0.495. The van der Waals surface area contributed by atoms with Crippen molar-refractivity contribution in [2.24, 2.45) is 0 Å². The number of hydrogen-bond acceptors (Lipinski definition) is 6. The second-order valence-electron chi connectivity index (χ2n) is 3.64. The summed E-state index contributed by atoms with van der Waals surface area (Å²) in [7, 11) is 0. The molecule has 0 saturated heterocycles. The monoisotopic (exact) mass is 280 g/mol. The van der Waals surface area contributed by atoms with Crippen LogP contribution in [0.15, 0.2) is 24.3 Å². The number of ether oxygens (including phenoxy) is 2. The molecule has 9 nitrogen and oxygen atoms in total. The average Bonchev–Trinajstić information content (AvgIpc) is 2.82. The largest absolute Gasteiger partial charge is 0.478 e. The maximum atomic E-state index is 11.4. The van der Waals surface area contributed by atoms with Gasteiger partial charge in [0, 0.05) is 18.2 Å². The lowest BCUT2D eigenvalue weighted by atomic mass is 10.2. The predicted octanol–water partition coefficient (Wildman–Crippen LogP) is 0.903. The molecule has 0 atom stereocenters. The first-order valence-electron chi connectivity index (χ1n) is 5.27. The van der Waals surface area contributed by atoms with Crippen LogP contribution in [0.5, 0.6) is 11.5 Å². The van der Waals surface area contributed by atoms with Crippen molar-refractivity contribution in [2.45, 2.75) is 0 Å². The normalized spacial score (nSPS) is 12.4. The molecule has 0 saturated carbocycles. The van der Waals surface area contributed by atoms with Gasteiger partial charge in [0.05, 0.1) is 11.0 Å². The molecule has 1 amide bonds. The number of nitro benzene ring substituents is 1. The minimum atomic E-state index is -1.31. The molecule has 104 valence electrons. The molecule has 9 heteroatoms. The third-order valence-electron chi connectivity index (χ3n) is 2.32. The first-order chi connectivity index (χ1) is 9.47. The topological polar surface area (TPSA) is 128 Å². The molecule has 2 rings (SSSR count). The van der Waals surface area contributed by atoms with Gasteiger partial charge >= 0.3 is 5.97 Å². The lowest BCUT2D eigenvalue weighted by molar-refractivity contribution is -0.384. The van der Waals surface area contributed by atoms with Crippen molar-refractivity contribution in [2.75, 3.05) is 12.1 Å². The Labute approximate surface area is 111 Å². The highest BCUT2D eigenvalue weighted by molar-refractivity contribution is 6.03. The van der Waals surface area contributed by atoms with Gasteiger partial charge in [0.25, 0.3) is 5.69 Å². The number of aliphatic carboxylic acids is 1. The van der Waals surface area contributed by atoms with Crippen molar-refractivity contribution in [1.29, 1.82) is 0 Å². The Balaban J connectivity index is 2.28. The lowest BCUT2D eigenvalue weighted by Crippen LogP contribution is -2.10. The molecule has 1 aliphatic heterocycles.